The van der Waals surface area contributed by atoms with E-state index in [4.69, 9.17) is 9.47 Å². The number of rotatable bonds is 2. The maximum atomic E-state index is 12.5. The van der Waals surface area contributed by atoms with Gasteiger partial charge in [0.1, 0.15) is 17.8 Å². The van der Waals surface area contributed by atoms with Crippen molar-refractivity contribution < 1.29 is 19.1 Å². The van der Waals surface area contributed by atoms with E-state index in [1.807, 2.05) is 11.0 Å². The van der Waals surface area contributed by atoms with Crippen LogP contribution in [0.2, 0.25) is 0 Å². The molecule has 2 saturated carbocycles. The van der Waals surface area contributed by atoms with Crippen molar-refractivity contribution in [3.05, 3.63) is 11.6 Å². The van der Waals surface area contributed by atoms with Gasteiger partial charge in [0.05, 0.1) is 12.0 Å². The summed E-state index contributed by atoms with van der Waals surface area (Å²) in [6.45, 7) is 5.52. The lowest BCUT2D eigenvalue weighted by Crippen LogP contribution is -2.55. The molecule has 3 heterocycles. The van der Waals surface area contributed by atoms with E-state index in [0.29, 0.717) is 6.54 Å². The SMILES string of the molecule is CCCN1CC23OC2C2OC(=O)C4(C)CCCC(C3=CC1=O)C24. The molecule has 3 aliphatic heterocycles. The molecule has 1 spiro atoms. The highest BCUT2D eigenvalue weighted by atomic mass is 16.7. The highest BCUT2D eigenvalue weighted by Gasteiger charge is 2.77. The fourth-order valence-electron chi connectivity index (χ4n) is 5.80. The summed E-state index contributed by atoms with van der Waals surface area (Å²) in [4.78, 5) is 26.9. The predicted octanol–water partition coefficient (Wildman–Crippen LogP) is 1.66. The standard InChI is InChI=1S/C18H23NO4/c1-3-7-19-9-18-11(8-12(19)20)10-5-4-6-17(2)13(10)14(15(18)23-18)22-16(17)21/h8,10,13-15H,3-7,9H2,1-2H3. The van der Waals surface area contributed by atoms with Gasteiger partial charge < -0.3 is 14.4 Å². The Morgan fingerprint density at radius 3 is 3.00 bits per heavy atom. The first-order valence-electron chi connectivity index (χ1n) is 8.91. The van der Waals surface area contributed by atoms with E-state index < -0.39 is 5.41 Å². The van der Waals surface area contributed by atoms with Gasteiger partial charge in [-0.2, -0.15) is 0 Å². The minimum atomic E-state index is -0.393. The van der Waals surface area contributed by atoms with Gasteiger partial charge in [-0.25, -0.2) is 0 Å². The van der Waals surface area contributed by atoms with E-state index in [0.717, 1.165) is 37.8 Å². The van der Waals surface area contributed by atoms with E-state index in [1.54, 1.807) is 0 Å². The molecule has 0 aromatic heterocycles. The zero-order valence-electron chi connectivity index (χ0n) is 13.7. The Morgan fingerprint density at radius 1 is 1.39 bits per heavy atom. The Morgan fingerprint density at radius 2 is 2.22 bits per heavy atom. The van der Waals surface area contributed by atoms with Crippen LogP contribution in [0.25, 0.3) is 0 Å². The molecular weight excluding hydrogens is 294 g/mol. The van der Waals surface area contributed by atoms with Crippen molar-refractivity contribution in [3.63, 3.8) is 0 Å². The van der Waals surface area contributed by atoms with Gasteiger partial charge in [-0.3, -0.25) is 9.59 Å². The van der Waals surface area contributed by atoms with Crippen molar-refractivity contribution in [2.75, 3.05) is 13.1 Å². The van der Waals surface area contributed by atoms with Crippen LogP contribution in [0.3, 0.4) is 0 Å². The summed E-state index contributed by atoms with van der Waals surface area (Å²) in [5.74, 6) is 0.495. The van der Waals surface area contributed by atoms with Crippen molar-refractivity contribution in [1.82, 2.24) is 4.90 Å². The number of ether oxygens (including phenoxy) is 2. The molecule has 5 nitrogen and oxygen atoms in total. The van der Waals surface area contributed by atoms with Crippen LogP contribution in [0, 0.1) is 17.3 Å². The monoisotopic (exact) mass is 317 g/mol. The Kier molecular flexibility index (Phi) is 2.55. The van der Waals surface area contributed by atoms with Crippen LogP contribution in [-0.2, 0) is 19.1 Å². The number of hydrogen-bond acceptors (Lipinski definition) is 4. The second-order valence-electron chi connectivity index (χ2n) is 8.10. The molecule has 0 aromatic carbocycles. The maximum Gasteiger partial charge on any atom is 0.312 e. The van der Waals surface area contributed by atoms with Crippen LogP contribution in [0.1, 0.15) is 39.5 Å². The van der Waals surface area contributed by atoms with Gasteiger partial charge in [-0.1, -0.05) is 13.3 Å². The fraction of sp³-hybridized carbons (Fsp3) is 0.778. The average Bonchev–Trinajstić information content (AvgIpc) is 3.17. The molecule has 0 N–H and O–H groups in total. The van der Waals surface area contributed by atoms with Crippen molar-refractivity contribution in [3.8, 4) is 0 Å². The largest absolute Gasteiger partial charge is 0.459 e. The molecule has 5 aliphatic rings. The molecule has 2 saturated heterocycles. The summed E-state index contributed by atoms with van der Waals surface area (Å²) in [7, 11) is 0. The normalized spacial score (nSPS) is 49.8. The van der Waals surface area contributed by atoms with Crippen molar-refractivity contribution in [1.29, 1.82) is 0 Å². The van der Waals surface area contributed by atoms with E-state index in [-0.39, 0.29) is 41.5 Å². The van der Waals surface area contributed by atoms with Gasteiger partial charge in [-0.15, -0.1) is 0 Å². The Balaban J connectivity index is 1.59. The summed E-state index contributed by atoms with van der Waals surface area (Å²) in [5.41, 5.74) is 0.402. The van der Waals surface area contributed by atoms with Crippen LogP contribution in [0.5, 0.6) is 0 Å². The summed E-state index contributed by atoms with van der Waals surface area (Å²) >= 11 is 0. The Hall–Kier alpha value is -1.36. The van der Waals surface area contributed by atoms with E-state index in [2.05, 4.69) is 13.8 Å². The number of nitrogens with zero attached hydrogens (tertiary/aromatic N) is 1. The number of amides is 1. The van der Waals surface area contributed by atoms with Gasteiger partial charge in [0, 0.05) is 18.5 Å². The molecule has 23 heavy (non-hydrogen) atoms. The number of carbonyl (C=O) groups is 2. The quantitative estimate of drug-likeness (QED) is 0.574. The average molecular weight is 317 g/mol. The van der Waals surface area contributed by atoms with Crippen molar-refractivity contribution in [2.24, 2.45) is 17.3 Å². The molecule has 0 aromatic rings. The van der Waals surface area contributed by atoms with Gasteiger partial charge in [-0.05, 0) is 37.7 Å². The van der Waals surface area contributed by atoms with E-state index in [9.17, 15) is 9.59 Å². The minimum absolute atomic E-state index is 0.0497. The van der Waals surface area contributed by atoms with Crippen molar-refractivity contribution >= 4 is 11.9 Å². The molecule has 4 fully saturated rings. The molecule has 5 rings (SSSR count). The smallest absolute Gasteiger partial charge is 0.312 e. The number of carbonyl (C=O) groups excluding carboxylic acids is 2. The number of epoxide rings is 1. The molecule has 0 bridgehead atoms. The van der Waals surface area contributed by atoms with Crippen molar-refractivity contribution in [2.45, 2.75) is 57.3 Å². The summed E-state index contributed by atoms with van der Waals surface area (Å²) in [6, 6.07) is 0. The number of esters is 1. The summed E-state index contributed by atoms with van der Waals surface area (Å²) < 4.78 is 12.0. The highest BCUT2D eigenvalue weighted by Crippen LogP contribution is 2.66. The number of hydrogen-bond donors (Lipinski definition) is 0. The lowest BCUT2D eigenvalue weighted by atomic mass is 9.55. The Bertz CT molecular complexity index is 643. The van der Waals surface area contributed by atoms with Crippen LogP contribution in [0.4, 0.5) is 0 Å². The molecule has 1 amide bonds. The Labute approximate surface area is 136 Å². The highest BCUT2D eigenvalue weighted by molar-refractivity contribution is 5.91. The summed E-state index contributed by atoms with van der Waals surface area (Å²) in [5, 5.41) is 0. The lowest BCUT2D eigenvalue weighted by Gasteiger charge is -2.46. The van der Waals surface area contributed by atoms with Gasteiger partial charge in [0.15, 0.2) is 0 Å². The number of fused-ring (bicyclic) bond motifs is 2. The fourth-order valence-corrected chi connectivity index (χ4v) is 5.80. The van der Waals surface area contributed by atoms with Gasteiger partial charge in [0.25, 0.3) is 0 Å². The third-order valence-electron chi connectivity index (χ3n) is 6.88. The van der Waals surface area contributed by atoms with Gasteiger partial charge >= 0.3 is 5.97 Å². The van der Waals surface area contributed by atoms with E-state index >= 15 is 0 Å². The first kappa shape index (κ1) is 14.0. The second-order valence-corrected chi connectivity index (χ2v) is 8.10. The molecule has 6 unspecified atom stereocenters. The molecule has 124 valence electrons. The zero-order valence-corrected chi connectivity index (χ0v) is 13.7. The van der Waals surface area contributed by atoms with Crippen LogP contribution in [-0.4, -0.2) is 47.7 Å². The first-order valence-corrected chi connectivity index (χ1v) is 8.91. The lowest BCUT2D eigenvalue weighted by molar-refractivity contribution is -0.149. The topological polar surface area (TPSA) is 59.1 Å². The predicted molar refractivity (Wildman–Crippen MR) is 81.4 cm³/mol. The zero-order chi connectivity index (χ0) is 16.0. The second kappa shape index (κ2) is 4.18. The van der Waals surface area contributed by atoms with Crippen LogP contribution in [0.15, 0.2) is 11.6 Å². The molecule has 0 radical (unpaired) electrons. The third kappa shape index (κ3) is 1.52. The molecule has 5 heteroatoms. The minimum Gasteiger partial charge on any atom is -0.459 e. The van der Waals surface area contributed by atoms with E-state index in [1.165, 1.54) is 0 Å². The first-order chi connectivity index (χ1) is 11.0. The van der Waals surface area contributed by atoms with Crippen LogP contribution < -0.4 is 0 Å². The summed E-state index contributed by atoms with van der Waals surface area (Å²) in [6.07, 6.45) is 5.56. The maximum absolute atomic E-state index is 12.5. The molecule has 6 atom stereocenters. The van der Waals surface area contributed by atoms with Gasteiger partial charge in [0.2, 0.25) is 5.91 Å². The molecule has 2 aliphatic carbocycles. The molecular formula is C18H23NO4. The van der Waals surface area contributed by atoms with Crippen LogP contribution >= 0.6 is 0 Å². The third-order valence-corrected chi connectivity index (χ3v) is 6.88.